The van der Waals surface area contributed by atoms with Crippen LogP contribution in [0.2, 0.25) is 5.02 Å². The average Bonchev–Trinajstić information content (AvgIpc) is 2.87. The summed E-state index contributed by atoms with van der Waals surface area (Å²) in [6, 6.07) is 3.88. The van der Waals surface area contributed by atoms with Gasteiger partial charge in [-0.1, -0.05) is 24.9 Å². The molecule has 1 aliphatic rings. The lowest BCUT2D eigenvalue weighted by Crippen LogP contribution is -2.41. The fourth-order valence-corrected chi connectivity index (χ4v) is 2.78. The molecule has 0 spiro atoms. The largest absolute Gasteiger partial charge is 0.480 e. The second-order valence-corrected chi connectivity index (χ2v) is 6.37. The summed E-state index contributed by atoms with van der Waals surface area (Å²) in [7, 11) is 0. The molecule has 0 bridgehead atoms. The van der Waals surface area contributed by atoms with Crippen molar-refractivity contribution in [2.45, 2.75) is 44.7 Å². The number of hydrogen-bond acceptors (Lipinski definition) is 4. The number of hydrogen-bond donors (Lipinski definition) is 3. The molecule has 1 aromatic carbocycles. The predicted octanol–water partition coefficient (Wildman–Crippen LogP) is 1.91. The van der Waals surface area contributed by atoms with Gasteiger partial charge in [-0.25, -0.2) is 14.5 Å². The van der Waals surface area contributed by atoms with E-state index < -0.39 is 35.9 Å². The highest BCUT2D eigenvalue weighted by molar-refractivity contribution is 6.30. The number of nitrogens with one attached hydrogen (secondary N) is 2. The quantitative estimate of drug-likeness (QED) is 0.595. The molecule has 0 aliphatic carbocycles. The fourth-order valence-electron chi connectivity index (χ4n) is 2.65. The summed E-state index contributed by atoms with van der Waals surface area (Å²) in [4.78, 5) is 48.5. The Morgan fingerprint density at radius 1 is 1.31 bits per heavy atom. The summed E-state index contributed by atoms with van der Waals surface area (Å²) in [5.41, 5.74) is 0.387. The number of carboxylic acids is 1. The number of carbonyl (C=O) groups is 4. The SMILES string of the molecule is CCCC(NC(=O)CCC1NC(=O)N(c2ccc(Cl)cc2)C1=O)C(=O)O. The molecule has 2 atom stereocenters. The number of nitrogens with zero attached hydrogens (tertiary/aromatic N) is 1. The van der Waals surface area contributed by atoms with Gasteiger partial charge in [0.15, 0.2) is 0 Å². The highest BCUT2D eigenvalue weighted by atomic mass is 35.5. The van der Waals surface area contributed by atoms with Crippen molar-refractivity contribution in [1.82, 2.24) is 10.6 Å². The Morgan fingerprint density at radius 2 is 1.96 bits per heavy atom. The number of aliphatic carboxylic acids is 1. The summed E-state index contributed by atoms with van der Waals surface area (Å²) in [6.45, 7) is 1.82. The van der Waals surface area contributed by atoms with Crippen molar-refractivity contribution in [3.05, 3.63) is 29.3 Å². The Kier molecular flexibility index (Phi) is 6.57. The van der Waals surface area contributed by atoms with E-state index in [1.54, 1.807) is 24.3 Å². The molecular formula is C17H20ClN3O5. The van der Waals surface area contributed by atoms with Crippen molar-refractivity contribution >= 4 is 41.1 Å². The molecule has 0 aromatic heterocycles. The Balaban J connectivity index is 1.93. The zero-order chi connectivity index (χ0) is 19.3. The zero-order valence-electron chi connectivity index (χ0n) is 14.2. The lowest BCUT2D eigenvalue weighted by Gasteiger charge is -2.15. The van der Waals surface area contributed by atoms with Crippen molar-refractivity contribution in [2.75, 3.05) is 4.90 Å². The smallest absolute Gasteiger partial charge is 0.329 e. The molecule has 26 heavy (non-hydrogen) atoms. The van der Waals surface area contributed by atoms with Crippen LogP contribution in [0.1, 0.15) is 32.6 Å². The second-order valence-electron chi connectivity index (χ2n) is 5.94. The summed E-state index contributed by atoms with van der Waals surface area (Å²) in [5.74, 6) is -2.04. The van der Waals surface area contributed by atoms with E-state index in [9.17, 15) is 19.2 Å². The van der Waals surface area contributed by atoms with Crippen LogP contribution in [-0.4, -0.2) is 41.0 Å². The summed E-state index contributed by atoms with van der Waals surface area (Å²) < 4.78 is 0. The van der Waals surface area contributed by atoms with E-state index in [2.05, 4.69) is 10.6 Å². The van der Waals surface area contributed by atoms with E-state index in [4.69, 9.17) is 16.7 Å². The predicted molar refractivity (Wildman–Crippen MR) is 95.0 cm³/mol. The van der Waals surface area contributed by atoms with Crippen LogP contribution in [-0.2, 0) is 14.4 Å². The van der Waals surface area contributed by atoms with Crippen LogP contribution in [0.4, 0.5) is 10.5 Å². The molecule has 2 rings (SSSR count). The van der Waals surface area contributed by atoms with Gasteiger partial charge in [0.05, 0.1) is 5.69 Å². The molecule has 1 heterocycles. The first-order valence-corrected chi connectivity index (χ1v) is 8.63. The van der Waals surface area contributed by atoms with E-state index in [1.807, 2.05) is 6.92 Å². The number of halogens is 1. The third-order valence-corrected chi connectivity index (χ3v) is 4.23. The second kappa shape index (κ2) is 8.66. The molecule has 1 fully saturated rings. The molecule has 9 heteroatoms. The third kappa shape index (κ3) is 4.72. The number of rotatable bonds is 8. The lowest BCUT2D eigenvalue weighted by atomic mass is 10.1. The Morgan fingerprint density at radius 3 is 2.54 bits per heavy atom. The first-order valence-electron chi connectivity index (χ1n) is 8.25. The molecule has 1 saturated heterocycles. The maximum absolute atomic E-state index is 12.4. The minimum absolute atomic E-state index is 0.0708. The number of carbonyl (C=O) groups excluding carboxylic acids is 3. The summed E-state index contributed by atoms with van der Waals surface area (Å²) in [6.07, 6.45) is 0.951. The normalized spacial score (nSPS) is 17.8. The van der Waals surface area contributed by atoms with Gasteiger partial charge in [0, 0.05) is 11.4 Å². The molecule has 0 saturated carbocycles. The Bertz CT molecular complexity index is 707. The summed E-state index contributed by atoms with van der Waals surface area (Å²) in [5, 5.41) is 14.5. The van der Waals surface area contributed by atoms with E-state index in [0.29, 0.717) is 23.6 Å². The Hall–Kier alpha value is -2.61. The van der Waals surface area contributed by atoms with Gasteiger partial charge in [0.2, 0.25) is 5.91 Å². The average molecular weight is 382 g/mol. The Labute approximate surface area is 155 Å². The highest BCUT2D eigenvalue weighted by Gasteiger charge is 2.39. The van der Waals surface area contributed by atoms with Gasteiger partial charge in [0.1, 0.15) is 12.1 Å². The number of urea groups is 1. The van der Waals surface area contributed by atoms with Gasteiger partial charge < -0.3 is 15.7 Å². The fraction of sp³-hybridized carbons (Fsp3) is 0.412. The maximum Gasteiger partial charge on any atom is 0.329 e. The first-order chi connectivity index (χ1) is 12.3. The zero-order valence-corrected chi connectivity index (χ0v) is 15.0. The minimum atomic E-state index is -1.10. The minimum Gasteiger partial charge on any atom is -0.480 e. The van der Waals surface area contributed by atoms with Crippen LogP contribution in [0.3, 0.4) is 0 Å². The van der Waals surface area contributed by atoms with Crippen molar-refractivity contribution in [2.24, 2.45) is 0 Å². The molecule has 0 radical (unpaired) electrons. The highest BCUT2D eigenvalue weighted by Crippen LogP contribution is 2.23. The van der Waals surface area contributed by atoms with Gasteiger partial charge in [-0.05, 0) is 37.1 Å². The molecule has 4 amide bonds. The van der Waals surface area contributed by atoms with Crippen LogP contribution in [0.25, 0.3) is 0 Å². The van der Waals surface area contributed by atoms with Crippen molar-refractivity contribution in [1.29, 1.82) is 0 Å². The lowest BCUT2D eigenvalue weighted by molar-refractivity contribution is -0.142. The first kappa shape index (κ1) is 19.7. The molecule has 2 unspecified atom stereocenters. The van der Waals surface area contributed by atoms with Crippen LogP contribution >= 0.6 is 11.6 Å². The van der Waals surface area contributed by atoms with Gasteiger partial charge in [-0.3, -0.25) is 9.59 Å². The van der Waals surface area contributed by atoms with Crippen molar-refractivity contribution < 1.29 is 24.3 Å². The van der Waals surface area contributed by atoms with Crippen molar-refractivity contribution in [3.8, 4) is 0 Å². The molecule has 1 aromatic rings. The van der Waals surface area contributed by atoms with E-state index in [1.165, 1.54) is 0 Å². The molecule has 140 valence electrons. The number of imide groups is 1. The van der Waals surface area contributed by atoms with Crippen molar-refractivity contribution in [3.63, 3.8) is 0 Å². The molecule has 1 aliphatic heterocycles. The number of anilines is 1. The number of amides is 4. The van der Waals surface area contributed by atoms with Crippen LogP contribution < -0.4 is 15.5 Å². The number of benzene rings is 1. The third-order valence-electron chi connectivity index (χ3n) is 3.97. The molecule has 8 nitrogen and oxygen atoms in total. The van der Waals surface area contributed by atoms with E-state index in [-0.39, 0.29) is 12.8 Å². The standard InChI is InChI=1S/C17H20ClN3O5/c1-2-3-13(16(24)25)19-14(22)9-8-12-15(23)21(17(26)20-12)11-6-4-10(18)5-7-11/h4-7,12-13H,2-3,8-9H2,1H3,(H,19,22)(H,20,26)(H,24,25). The molecular weight excluding hydrogens is 362 g/mol. The van der Waals surface area contributed by atoms with Gasteiger partial charge in [-0.2, -0.15) is 0 Å². The topological polar surface area (TPSA) is 116 Å². The van der Waals surface area contributed by atoms with E-state index >= 15 is 0 Å². The number of carboxylic acid groups (broad SMARTS) is 1. The maximum atomic E-state index is 12.4. The van der Waals surface area contributed by atoms with Crippen LogP contribution in [0, 0.1) is 0 Å². The van der Waals surface area contributed by atoms with Gasteiger partial charge in [0.25, 0.3) is 5.91 Å². The molecule has 3 N–H and O–H groups in total. The van der Waals surface area contributed by atoms with Crippen LogP contribution in [0.15, 0.2) is 24.3 Å². The monoisotopic (exact) mass is 381 g/mol. The van der Waals surface area contributed by atoms with E-state index in [0.717, 1.165) is 4.90 Å². The van der Waals surface area contributed by atoms with Gasteiger partial charge >= 0.3 is 12.0 Å². The summed E-state index contributed by atoms with van der Waals surface area (Å²) >= 11 is 5.80. The van der Waals surface area contributed by atoms with Crippen LogP contribution in [0.5, 0.6) is 0 Å². The van der Waals surface area contributed by atoms with Gasteiger partial charge in [-0.15, -0.1) is 0 Å².